The van der Waals surface area contributed by atoms with Crippen LogP contribution in [0.3, 0.4) is 0 Å². The molecule has 0 radical (unpaired) electrons. The molecule has 1 N–H and O–H groups in total. The number of hydrogen-bond donors (Lipinski definition) is 1. The molecule has 2 rings (SSSR count). The Morgan fingerprint density at radius 3 is 2.45 bits per heavy atom. The maximum Gasteiger partial charge on any atom is 0.408 e. The van der Waals surface area contributed by atoms with Crippen LogP contribution in [0.4, 0.5) is 13.2 Å². The summed E-state index contributed by atoms with van der Waals surface area (Å²) in [4.78, 5) is 1.47. The normalized spacial score (nSPS) is 18.9. The number of piperazine rings is 1. The summed E-state index contributed by atoms with van der Waals surface area (Å²) in [5.74, 6) is 0.492. The maximum absolute atomic E-state index is 13.4. The van der Waals surface area contributed by atoms with Crippen molar-refractivity contribution in [3.8, 4) is 5.75 Å². The topological polar surface area (TPSA) is 24.5 Å². The quantitative estimate of drug-likeness (QED) is 0.925. The molecule has 0 saturated carbocycles. The maximum atomic E-state index is 13.4. The van der Waals surface area contributed by atoms with E-state index in [1.54, 1.807) is 6.07 Å². The van der Waals surface area contributed by atoms with Crippen LogP contribution in [0.25, 0.3) is 0 Å². The van der Waals surface area contributed by atoms with Crippen molar-refractivity contribution in [3.05, 3.63) is 29.3 Å². The minimum atomic E-state index is -4.29. The average molecular weight is 288 g/mol. The summed E-state index contributed by atoms with van der Waals surface area (Å²) in [6.45, 7) is 3.75. The van der Waals surface area contributed by atoms with Crippen LogP contribution < -0.4 is 10.1 Å². The molecule has 1 aromatic carbocycles. The SMILES string of the molecule is COc1cc([C@@H](N2CCNCC2)C(F)(F)F)ccc1C. The second-order valence-electron chi connectivity index (χ2n) is 4.96. The molecule has 3 nitrogen and oxygen atoms in total. The van der Waals surface area contributed by atoms with Gasteiger partial charge in [0.15, 0.2) is 0 Å². The van der Waals surface area contributed by atoms with E-state index >= 15 is 0 Å². The lowest BCUT2D eigenvalue weighted by molar-refractivity contribution is -0.187. The lowest BCUT2D eigenvalue weighted by Crippen LogP contribution is -2.49. The van der Waals surface area contributed by atoms with E-state index in [-0.39, 0.29) is 5.56 Å². The van der Waals surface area contributed by atoms with Crippen molar-refractivity contribution in [1.29, 1.82) is 0 Å². The summed E-state index contributed by atoms with van der Waals surface area (Å²) < 4.78 is 45.4. The number of methoxy groups -OCH3 is 1. The van der Waals surface area contributed by atoms with Crippen molar-refractivity contribution in [1.82, 2.24) is 10.2 Å². The molecule has 0 unspecified atom stereocenters. The summed E-state index contributed by atoms with van der Waals surface area (Å²) >= 11 is 0. The van der Waals surface area contributed by atoms with E-state index in [0.717, 1.165) is 5.56 Å². The van der Waals surface area contributed by atoms with Gasteiger partial charge in [0.25, 0.3) is 0 Å². The van der Waals surface area contributed by atoms with E-state index < -0.39 is 12.2 Å². The van der Waals surface area contributed by atoms with Gasteiger partial charge >= 0.3 is 6.18 Å². The smallest absolute Gasteiger partial charge is 0.408 e. The van der Waals surface area contributed by atoms with Gasteiger partial charge in [-0.1, -0.05) is 12.1 Å². The molecule has 0 aliphatic carbocycles. The molecule has 1 aliphatic rings. The van der Waals surface area contributed by atoms with Crippen molar-refractivity contribution in [3.63, 3.8) is 0 Å². The zero-order valence-corrected chi connectivity index (χ0v) is 11.6. The highest BCUT2D eigenvalue weighted by atomic mass is 19.4. The van der Waals surface area contributed by atoms with Crippen LogP contribution in [0, 0.1) is 6.92 Å². The summed E-state index contributed by atoms with van der Waals surface area (Å²) in [5.41, 5.74) is 1.07. The third-order valence-corrected chi connectivity index (χ3v) is 3.57. The predicted octanol–water partition coefficient (Wildman–Crippen LogP) is 2.51. The molecule has 1 saturated heterocycles. The van der Waals surface area contributed by atoms with Gasteiger partial charge in [0, 0.05) is 26.2 Å². The molecule has 0 aromatic heterocycles. The Morgan fingerprint density at radius 1 is 1.25 bits per heavy atom. The fourth-order valence-electron chi connectivity index (χ4n) is 2.55. The van der Waals surface area contributed by atoms with Crippen LogP contribution >= 0.6 is 0 Å². The zero-order chi connectivity index (χ0) is 14.8. The Morgan fingerprint density at radius 2 is 1.90 bits per heavy atom. The molecular weight excluding hydrogens is 269 g/mol. The van der Waals surface area contributed by atoms with Crippen molar-refractivity contribution in [2.75, 3.05) is 33.3 Å². The second-order valence-corrected chi connectivity index (χ2v) is 4.96. The van der Waals surface area contributed by atoms with E-state index in [1.807, 2.05) is 6.92 Å². The summed E-state index contributed by atoms with van der Waals surface area (Å²) in [7, 11) is 1.47. The number of nitrogens with one attached hydrogen (secondary N) is 1. The molecule has 1 heterocycles. The van der Waals surface area contributed by atoms with E-state index in [1.165, 1.54) is 24.1 Å². The van der Waals surface area contributed by atoms with Gasteiger partial charge in [0.2, 0.25) is 0 Å². The first-order chi connectivity index (χ1) is 9.43. The number of nitrogens with zero attached hydrogens (tertiary/aromatic N) is 1. The molecule has 0 amide bonds. The van der Waals surface area contributed by atoms with Gasteiger partial charge in [-0.2, -0.15) is 13.2 Å². The van der Waals surface area contributed by atoms with Gasteiger partial charge in [0.1, 0.15) is 11.8 Å². The van der Waals surface area contributed by atoms with Crippen molar-refractivity contribution in [2.24, 2.45) is 0 Å². The third-order valence-electron chi connectivity index (χ3n) is 3.57. The molecule has 1 fully saturated rings. The first kappa shape index (κ1) is 15.1. The summed E-state index contributed by atoms with van der Waals surface area (Å²) in [5, 5.41) is 3.07. The Balaban J connectivity index is 2.35. The molecule has 1 atom stereocenters. The van der Waals surface area contributed by atoms with Crippen molar-refractivity contribution >= 4 is 0 Å². The number of ether oxygens (including phenoxy) is 1. The Hall–Kier alpha value is -1.27. The lowest BCUT2D eigenvalue weighted by atomic mass is 10.0. The molecule has 20 heavy (non-hydrogen) atoms. The molecule has 1 aliphatic heterocycles. The number of aryl methyl sites for hydroxylation is 1. The zero-order valence-electron chi connectivity index (χ0n) is 11.6. The predicted molar refractivity (Wildman–Crippen MR) is 71.0 cm³/mol. The van der Waals surface area contributed by atoms with E-state index in [4.69, 9.17) is 4.74 Å². The second kappa shape index (κ2) is 6.01. The summed E-state index contributed by atoms with van der Waals surface area (Å²) in [6.07, 6.45) is -4.29. The van der Waals surface area contributed by atoms with Gasteiger partial charge in [-0.3, -0.25) is 4.90 Å². The van der Waals surface area contributed by atoms with Gasteiger partial charge < -0.3 is 10.1 Å². The first-order valence-corrected chi connectivity index (χ1v) is 6.59. The Labute approximate surface area is 116 Å². The van der Waals surface area contributed by atoms with Gasteiger partial charge in [-0.15, -0.1) is 0 Å². The Bertz CT molecular complexity index is 456. The highest BCUT2D eigenvalue weighted by molar-refractivity contribution is 5.38. The first-order valence-electron chi connectivity index (χ1n) is 6.59. The third kappa shape index (κ3) is 3.24. The van der Waals surface area contributed by atoms with Gasteiger partial charge in [-0.25, -0.2) is 0 Å². The van der Waals surface area contributed by atoms with Gasteiger partial charge in [0.05, 0.1) is 7.11 Å². The Kier molecular flexibility index (Phi) is 4.55. The van der Waals surface area contributed by atoms with E-state index in [9.17, 15) is 13.2 Å². The standard InChI is InChI=1S/C14H19F3N2O/c1-10-3-4-11(9-12(10)20-2)13(14(15,16)17)19-7-5-18-6-8-19/h3-4,9,13,18H,5-8H2,1-2H3/t13-/m1/s1. The van der Waals surface area contributed by atoms with Crippen LogP contribution in [0.5, 0.6) is 5.75 Å². The fraction of sp³-hybridized carbons (Fsp3) is 0.571. The highest BCUT2D eigenvalue weighted by Gasteiger charge is 2.45. The molecule has 1 aromatic rings. The number of alkyl halides is 3. The number of rotatable bonds is 3. The van der Waals surface area contributed by atoms with E-state index in [2.05, 4.69) is 5.32 Å². The van der Waals surface area contributed by atoms with Crippen molar-refractivity contribution < 1.29 is 17.9 Å². The van der Waals surface area contributed by atoms with Crippen LogP contribution in [0.2, 0.25) is 0 Å². The molecule has 0 spiro atoms. The minimum Gasteiger partial charge on any atom is -0.496 e. The van der Waals surface area contributed by atoms with Crippen LogP contribution in [-0.2, 0) is 0 Å². The fourth-order valence-corrected chi connectivity index (χ4v) is 2.55. The molecular formula is C14H19F3N2O. The number of benzene rings is 1. The van der Waals surface area contributed by atoms with E-state index in [0.29, 0.717) is 31.9 Å². The van der Waals surface area contributed by atoms with Crippen LogP contribution in [-0.4, -0.2) is 44.4 Å². The molecule has 6 heteroatoms. The lowest BCUT2D eigenvalue weighted by Gasteiger charge is -2.36. The average Bonchev–Trinajstić information content (AvgIpc) is 2.40. The minimum absolute atomic E-state index is 0.238. The number of halogens is 3. The molecule has 0 bridgehead atoms. The van der Waals surface area contributed by atoms with Crippen molar-refractivity contribution in [2.45, 2.75) is 19.1 Å². The van der Waals surface area contributed by atoms with Crippen LogP contribution in [0.15, 0.2) is 18.2 Å². The highest BCUT2D eigenvalue weighted by Crippen LogP contribution is 2.39. The summed E-state index contributed by atoms with van der Waals surface area (Å²) in [6, 6.07) is 3.14. The van der Waals surface area contributed by atoms with Crippen LogP contribution in [0.1, 0.15) is 17.2 Å². The molecule has 112 valence electrons. The largest absolute Gasteiger partial charge is 0.496 e. The van der Waals surface area contributed by atoms with Gasteiger partial charge in [-0.05, 0) is 24.1 Å². The monoisotopic (exact) mass is 288 g/mol. The number of hydrogen-bond acceptors (Lipinski definition) is 3.